The minimum atomic E-state index is -0.986. The largest absolute Gasteiger partial charge is 0.486 e. The van der Waals surface area contributed by atoms with Crippen molar-refractivity contribution in [3.05, 3.63) is 99.9 Å². The highest BCUT2D eigenvalue weighted by Gasteiger charge is 2.33. The van der Waals surface area contributed by atoms with Crippen molar-refractivity contribution < 1.29 is 28.6 Å². The minimum absolute atomic E-state index is 0.0636. The van der Waals surface area contributed by atoms with Gasteiger partial charge in [-0.2, -0.15) is 0 Å². The molecule has 3 aliphatic rings. The summed E-state index contributed by atoms with van der Waals surface area (Å²) in [6.07, 6.45) is 10.6. The molecule has 0 amide bonds. The van der Waals surface area contributed by atoms with Gasteiger partial charge in [0.05, 0.1) is 16.3 Å². The highest BCUT2D eigenvalue weighted by Crippen LogP contribution is 2.45. The summed E-state index contributed by atoms with van der Waals surface area (Å²) in [5, 5.41) is 14.3. The van der Waals surface area contributed by atoms with Crippen LogP contribution in [0, 0.1) is 6.92 Å². The van der Waals surface area contributed by atoms with Gasteiger partial charge in [0.25, 0.3) is 0 Å². The first kappa shape index (κ1) is 25.6. The number of allylic oxidation sites excluding steroid dienone is 3. The molecule has 196 valence electrons. The maximum absolute atomic E-state index is 11.4. The van der Waals surface area contributed by atoms with Crippen molar-refractivity contribution in [1.29, 1.82) is 0 Å². The van der Waals surface area contributed by atoms with Crippen LogP contribution < -0.4 is 0 Å². The third kappa shape index (κ3) is 5.75. The van der Waals surface area contributed by atoms with Crippen molar-refractivity contribution in [2.24, 2.45) is 4.99 Å². The molecule has 2 heterocycles. The van der Waals surface area contributed by atoms with E-state index in [4.69, 9.17) is 30.3 Å². The Morgan fingerprint density at radius 1 is 1.24 bits per heavy atom. The van der Waals surface area contributed by atoms with Crippen molar-refractivity contribution >= 4 is 23.5 Å². The predicted octanol–water partition coefficient (Wildman–Crippen LogP) is 6.40. The van der Waals surface area contributed by atoms with Crippen molar-refractivity contribution in [2.45, 2.75) is 38.7 Å². The number of hydrogen-bond donors (Lipinski definition) is 1. The molecule has 0 atom stereocenters. The van der Waals surface area contributed by atoms with Crippen LogP contribution in [0.5, 0.6) is 0 Å². The van der Waals surface area contributed by atoms with E-state index in [1.54, 1.807) is 24.3 Å². The predicted molar refractivity (Wildman–Crippen MR) is 143 cm³/mol. The Morgan fingerprint density at radius 2 is 2.08 bits per heavy atom. The van der Waals surface area contributed by atoms with Gasteiger partial charge in [0.2, 0.25) is 5.90 Å². The molecule has 0 unspecified atom stereocenters. The maximum atomic E-state index is 11.4. The van der Waals surface area contributed by atoms with E-state index in [9.17, 15) is 9.90 Å². The van der Waals surface area contributed by atoms with Gasteiger partial charge >= 0.3 is 5.97 Å². The Hall–Kier alpha value is -4.04. The molecular formula is C29H27ClN2O6. The lowest BCUT2D eigenvalue weighted by Gasteiger charge is -2.13. The monoisotopic (exact) mass is 534 g/mol. The molecule has 1 N–H and O–H groups in total. The smallest absolute Gasteiger partial charge is 0.331 e. The summed E-state index contributed by atoms with van der Waals surface area (Å²) in [6.45, 7) is 6.43. The number of aliphatic imine (C=N–C) groups is 1. The second kappa shape index (κ2) is 11.1. The Bertz CT molecular complexity index is 1400. The van der Waals surface area contributed by atoms with Gasteiger partial charge in [0, 0.05) is 23.5 Å². The molecule has 0 spiro atoms. The molecule has 2 aromatic rings. The van der Waals surface area contributed by atoms with Crippen molar-refractivity contribution in [3.8, 4) is 11.3 Å². The third-order valence-corrected chi connectivity index (χ3v) is 6.62. The number of aryl methyl sites for hydroxylation is 1. The quantitative estimate of drug-likeness (QED) is 0.473. The van der Waals surface area contributed by atoms with Crippen molar-refractivity contribution in [2.75, 3.05) is 13.2 Å². The molecule has 0 saturated heterocycles. The number of carboxylic acids is 1. The summed E-state index contributed by atoms with van der Waals surface area (Å²) < 4.78 is 23.6. The zero-order valence-electron chi connectivity index (χ0n) is 20.9. The van der Waals surface area contributed by atoms with Gasteiger partial charge in [-0.3, -0.25) is 0 Å². The Balaban J connectivity index is 1.37. The van der Waals surface area contributed by atoms with E-state index >= 15 is 0 Å². The Morgan fingerprint density at radius 3 is 2.84 bits per heavy atom. The molecule has 1 aromatic heterocycles. The van der Waals surface area contributed by atoms with Crippen LogP contribution in [0.15, 0.2) is 87.5 Å². The maximum Gasteiger partial charge on any atom is 0.331 e. The van der Waals surface area contributed by atoms with E-state index in [0.717, 1.165) is 35.3 Å². The Kier molecular flexibility index (Phi) is 7.51. The average molecular weight is 535 g/mol. The first-order valence-electron chi connectivity index (χ1n) is 12.3. The summed E-state index contributed by atoms with van der Waals surface area (Å²) in [7, 11) is 0. The minimum Gasteiger partial charge on any atom is -0.486 e. The van der Waals surface area contributed by atoms with E-state index in [-0.39, 0.29) is 31.8 Å². The molecule has 1 fully saturated rings. The topological polar surface area (TPSA) is 103 Å². The standard InChI is InChI=1S/C29H27ClN2O6/c1-17-5-3-6-22(30)26(17)27-21(28(38-32-27)19-8-9-19)16-37-25-7-4-14-35-23-12-10-20(29(33)34)11-13-24(23)36-15-18(2)31-25/h3-7,11-13,19H,2,8-10,14-16H2,1H3,(H,33,34)/b7-4-,31-25?. The first-order valence-corrected chi connectivity index (χ1v) is 12.7. The molecule has 38 heavy (non-hydrogen) atoms. The van der Waals surface area contributed by atoms with Gasteiger partial charge in [-0.15, -0.1) is 0 Å². The fourth-order valence-electron chi connectivity index (χ4n) is 4.19. The van der Waals surface area contributed by atoms with Crippen molar-refractivity contribution in [1.82, 2.24) is 5.16 Å². The van der Waals surface area contributed by atoms with Crippen LogP contribution in [-0.4, -0.2) is 35.3 Å². The zero-order chi connectivity index (χ0) is 26.6. The second-order valence-electron chi connectivity index (χ2n) is 9.19. The third-order valence-electron chi connectivity index (χ3n) is 6.31. The molecular weight excluding hydrogens is 508 g/mol. The van der Waals surface area contributed by atoms with Gasteiger partial charge in [0.15, 0.2) is 11.5 Å². The normalized spacial score (nSPS) is 18.7. The summed E-state index contributed by atoms with van der Waals surface area (Å²) >= 11 is 6.54. The molecule has 1 aliphatic heterocycles. The molecule has 9 heteroatoms. The number of aromatic nitrogens is 1. The summed E-state index contributed by atoms with van der Waals surface area (Å²) in [6, 6.07) is 5.73. The average Bonchev–Trinajstić information content (AvgIpc) is 3.67. The fourth-order valence-corrected chi connectivity index (χ4v) is 4.50. The van der Waals surface area contributed by atoms with Crippen LogP contribution in [0.25, 0.3) is 11.3 Å². The fraction of sp³-hybridized carbons (Fsp3) is 0.276. The van der Waals surface area contributed by atoms with Crippen LogP contribution in [0.4, 0.5) is 0 Å². The molecule has 1 saturated carbocycles. The first-order chi connectivity index (χ1) is 18.4. The number of nitrogens with zero attached hydrogens (tertiary/aromatic N) is 2. The van der Waals surface area contributed by atoms with Gasteiger partial charge < -0.3 is 23.8 Å². The second-order valence-corrected chi connectivity index (χ2v) is 9.59. The number of benzene rings is 1. The lowest BCUT2D eigenvalue weighted by molar-refractivity contribution is -0.132. The van der Waals surface area contributed by atoms with E-state index in [0.29, 0.717) is 39.7 Å². The number of aliphatic carboxylic acids is 1. The molecule has 2 aliphatic carbocycles. The van der Waals surface area contributed by atoms with E-state index < -0.39 is 5.97 Å². The van der Waals surface area contributed by atoms with Gasteiger partial charge in [-0.1, -0.05) is 35.5 Å². The number of halogens is 1. The number of ether oxygens (including phenoxy) is 3. The van der Waals surface area contributed by atoms with Gasteiger partial charge in [-0.25, -0.2) is 9.79 Å². The number of carboxylic acid groups (broad SMARTS) is 1. The van der Waals surface area contributed by atoms with Crippen LogP contribution in [0.3, 0.4) is 0 Å². The van der Waals surface area contributed by atoms with E-state index in [2.05, 4.69) is 16.7 Å². The summed E-state index contributed by atoms with van der Waals surface area (Å²) in [5.41, 5.74) is 4.02. The lowest BCUT2D eigenvalue weighted by atomic mass is 10.0. The van der Waals surface area contributed by atoms with Gasteiger partial charge in [0.1, 0.15) is 31.3 Å². The van der Waals surface area contributed by atoms with E-state index in [1.165, 1.54) is 6.08 Å². The highest BCUT2D eigenvalue weighted by atomic mass is 35.5. The number of hydrogen-bond acceptors (Lipinski definition) is 7. The molecule has 5 rings (SSSR count). The Labute approximate surface area is 225 Å². The SMILES string of the molecule is C=C1COC2=CC=C(C(=O)O)CC=C2OC/C=C\C(OCc2c(-c3c(C)cccc3Cl)noc2C2CC2)=N1. The summed E-state index contributed by atoms with van der Waals surface area (Å²) in [4.78, 5) is 15.9. The molecule has 0 radical (unpaired) electrons. The van der Waals surface area contributed by atoms with Crippen LogP contribution in [-0.2, 0) is 25.6 Å². The van der Waals surface area contributed by atoms with E-state index in [1.807, 2.05) is 25.1 Å². The summed E-state index contributed by atoms with van der Waals surface area (Å²) in [5.74, 6) is 1.36. The van der Waals surface area contributed by atoms with Crippen LogP contribution in [0.2, 0.25) is 5.02 Å². The number of carbonyl (C=O) groups is 1. The number of fused-ring (bicyclic) bond motifs is 1. The lowest BCUT2D eigenvalue weighted by Crippen LogP contribution is -2.06. The molecule has 0 bridgehead atoms. The van der Waals surface area contributed by atoms with Crippen LogP contribution in [0.1, 0.15) is 42.1 Å². The highest BCUT2D eigenvalue weighted by molar-refractivity contribution is 6.33. The van der Waals surface area contributed by atoms with Gasteiger partial charge in [-0.05, 0) is 61.8 Å². The van der Waals surface area contributed by atoms with Crippen LogP contribution >= 0.6 is 11.6 Å². The zero-order valence-corrected chi connectivity index (χ0v) is 21.7. The van der Waals surface area contributed by atoms with Crippen molar-refractivity contribution in [3.63, 3.8) is 0 Å². The molecule has 1 aromatic carbocycles. The molecule has 8 nitrogen and oxygen atoms in total. The number of rotatable bonds is 5.